The minimum absolute atomic E-state index is 0.199. The SMILES string of the molecule is CCOC(=O)[C@@H]1C(=O)C=C(c2ccc(OC)cc2OC)C[C@@H]1c1ccc(OC)c(OC)c1. The smallest absolute Gasteiger partial charge is 0.317 e. The molecule has 2 aromatic carbocycles. The Kier molecular flexibility index (Phi) is 7.41. The second-order valence-electron chi connectivity index (χ2n) is 7.29. The predicted octanol–water partition coefficient (Wildman–Crippen LogP) is 4.04. The van der Waals surface area contributed by atoms with Gasteiger partial charge in [-0.1, -0.05) is 6.07 Å². The summed E-state index contributed by atoms with van der Waals surface area (Å²) < 4.78 is 26.8. The fraction of sp³-hybridized carbons (Fsp3) is 0.360. The number of carbonyl (C=O) groups is 2. The van der Waals surface area contributed by atoms with Gasteiger partial charge in [-0.05, 0) is 54.8 Å². The van der Waals surface area contributed by atoms with Crippen molar-refractivity contribution >= 4 is 17.3 Å². The van der Waals surface area contributed by atoms with Crippen molar-refractivity contribution in [3.05, 3.63) is 53.6 Å². The molecule has 0 heterocycles. The van der Waals surface area contributed by atoms with E-state index in [1.807, 2.05) is 18.2 Å². The van der Waals surface area contributed by atoms with Crippen LogP contribution in [0, 0.1) is 5.92 Å². The Balaban J connectivity index is 2.09. The van der Waals surface area contributed by atoms with Crippen molar-refractivity contribution in [2.24, 2.45) is 5.92 Å². The van der Waals surface area contributed by atoms with Gasteiger partial charge in [0.05, 0.1) is 35.0 Å². The molecule has 3 rings (SSSR count). The van der Waals surface area contributed by atoms with Crippen LogP contribution in [-0.2, 0) is 14.3 Å². The van der Waals surface area contributed by atoms with Crippen molar-refractivity contribution in [1.29, 1.82) is 0 Å². The van der Waals surface area contributed by atoms with Gasteiger partial charge in [-0.25, -0.2) is 0 Å². The van der Waals surface area contributed by atoms with Crippen molar-refractivity contribution in [2.45, 2.75) is 19.3 Å². The Morgan fingerprint density at radius 3 is 2.25 bits per heavy atom. The summed E-state index contributed by atoms with van der Waals surface area (Å²) in [7, 11) is 6.25. The number of methoxy groups -OCH3 is 4. The molecule has 0 fully saturated rings. The lowest BCUT2D eigenvalue weighted by molar-refractivity contribution is -0.151. The zero-order valence-electron chi connectivity index (χ0n) is 19.0. The molecule has 2 atom stereocenters. The van der Waals surface area contributed by atoms with E-state index >= 15 is 0 Å². The highest BCUT2D eigenvalue weighted by atomic mass is 16.5. The highest BCUT2D eigenvalue weighted by molar-refractivity contribution is 6.11. The number of rotatable bonds is 8. The molecule has 0 aliphatic heterocycles. The quantitative estimate of drug-likeness (QED) is 0.453. The molecule has 1 aliphatic rings. The molecule has 32 heavy (non-hydrogen) atoms. The summed E-state index contributed by atoms with van der Waals surface area (Å²) in [5.41, 5.74) is 2.33. The molecule has 0 saturated heterocycles. The average Bonchev–Trinajstić information content (AvgIpc) is 2.82. The van der Waals surface area contributed by atoms with Crippen LogP contribution in [0.3, 0.4) is 0 Å². The Hall–Kier alpha value is -3.48. The summed E-state index contributed by atoms with van der Waals surface area (Å²) in [6.45, 7) is 1.92. The lowest BCUT2D eigenvalue weighted by Gasteiger charge is -2.30. The van der Waals surface area contributed by atoms with Crippen LogP contribution in [0.2, 0.25) is 0 Å². The zero-order chi connectivity index (χ0) is 23.3. The molecule has 170 valence electrons. The van der Waals surface area contributed by atoms with Crippen LogP contribution >= 0.6 is 0 Å². The standard InChI is InChI=1S/C25H28O7/c1-6-32-25(27)24-19(15-7-10-21(29-3)23(13-15)31-5)11-16(12-20(24)26)18-9-8-17(28-2)14-22(18)30-4/h7-10,12-14,19,24H,6,11H2,1-5H3/t19-,24+/m1/s1. The topological polar surface area (TPSA) is 80.3 Å². The fourth-order valence-corrected chi connectivity index (χ4v) is 4.03. The molecule has 0 radical (unpaired) electrons. The molecule has 7 heteroatoms. The van der Waals surface area contributed by atoms with Crippen LogP contribution in [0.25, 0.3) is 5.57 Å². The maximum Gasteiger partial charge on any atom is 0.317 e. The van der Waals surface area contributed by atoms with Gasteiger partial charge in [0.2, 0.25) is 0 Å². The van der Waals surface area contributed by atoms with Gasteiger partial charge in [-0.3, -0.25) is 9.59 Å². The molecule has 0 N–H and O–H groups in total. The molecule has 0 saturated carbocycles. The number of esters is 1. The number of allylic oxidation sites excluding steroid dienone is 2. The second kappa shape index (κ2) is 10.2. The highest BCUT2D eigenvalue weighted by Gasteiger charge is 2.40. The summed E-state index contributed by atoms with van der Waals surface area (Å²) >= 11 is 0. The Bertz CT molecular complexity index is 1020. The van der Waals surface area contributed by atoms with E-state index < -0.39 is 17.8 Å². The molecule has 0 amide bonds. The van der Waals surface area contributed by atoms with Gasteiger partial charge in [-0.2, -0.15) is 0 Å². The number of hydrogen-bond acceptors (Lipinski definition) is 7. The molecule has 1 aliphatic carbocycles. The zero-order valence-corrected chi connectivity index (χ0v) is 19.0. The van der Waals surface area contributed by atoms with E-state index in [2.05, 4.69) is 0 Å². The van der Waals surface area contributed by atoms with Crippen molar-refractivity contribution < 1.29 is 33.3 Å². The van der Waals surface area contributed by atoms with Crippen molar-refractivity contribution in [3.8, 4) is 23.0 Å². The fourth-order valence-electron chi connectivity index (χ4n) is 4.03. The van der Waals surface area contributed by atoms with Gasteiger partial charge in [-0.15, -0.1) is 0 Å². The number of ether oxygens (including phenoxy) is 5. The van der Waals surface area contributed by atoms with Crippen molar-refractivity contribution in [2.75, 3.05) is 35.0 Å². The van der Waals surface area contributed by atoms with Crippen LogP contribution in [0.5, 0.6) is 23.0 Å². The molecule has 0 bridgehead atoms. The van der Waals surface area contributed by atoms with Gasteiger partial charge in [0.15, 0.2) is 17.3 Å². The highest BCUT2D eigenvalue weighted by Crippen LogP contribution is 2.44. The molecule has 0 spiro atoms. The summed E-state index contributed by atoms with van der Waals surface area (Å²) in [5, 5.41) is 0. The van der Waals surface area contributed by atoms with Crippen LogP contribution < -0.4 is 18.9 Å². The molecule has 0 unspecified atom stereocenters. The van der Waals surface area contributed by atoms with Crippen molar-refractivity contribution in [1.82, 2.24) is 0 Å². The van der Waals surface area contributed by atoms with E-state index in [-0.39, 0.29) is 12.4 Å². The molecular formula is C25H28O7. The Morgan fingerprint density at radius 2 is 1.62 bits per heavy atom. The van der Waals surface area contributed by atoms with Gasteiger partial charge >= 0.3 is 5.97 Å². The van der Waals surface area contributed by atoms with Crippen molar-refractivity contribution in [3.63, 3.8) is 0 Å². The molecule has 0 aromatic heterocycles. The van der Waals surface area contributed by atoms with Gasteiger partial charge in [0, 0.05) is 17.5 Å². The van der Waals surface area contributed by atoms with Gasteiger partial charge in [0.1, 0.15) is 17.4 Å². The van der Waals surface area contributed by atoms with E-state index in [4.69, 9.17) is 23.7 Å². The first-order chi connectivity index (χ1) is 15.5. The minimum atomic E-state index is -0.943. The van der Waals surface area contributed by atoms with Gasteiger partial charge < -0.3 is 23.7 Å². The number of hydrogen-bond donors (Lipinski definition) is 0. The first-order valence-electron chi connectivity index (χ1n) is 10.3. The Morgan fingerprint density at radius 1 is 0.906 bits per heavy atom. The molecule has 2 aromatic rings. The van der Waals surface area contributed by atoms with E-state index in [0.717, 1.165) is 16.7 Å². The average molecular weight is 440 g/mol. The van der Waals surface area contributed by atoms with Crippen LogP contribution in [0.15, 0.2) is 42.5 Å². The lowest BCUT2D eigenvalue weighted by Crippen LogP contribution is -2.34. The third-order valence-corrected chi connectivity index (χ3v) is 5.60. The normalized spacial score (nSPS) is 17.9. The molecule has 7 nitrogen and oxygen atoms in total. The summed E-state index contributed by atoms with van der Waals surface area (Å²) in [6.07, 6.45) is 1.95. The summed E-state index contributed by atoms with van der Waals surface area (Å²) in [5.74, 6) is 0.112. The number of carbonyl (C=O) groups excluding carboxylic acids is 2. The molecular weight excluding hydrogens is 412 g/mol. The first kappa shape index (κ1) is 23.2. The van der Waals surface area contributed by atoms with Crippen LogP contribution in [0.1, 0.15) is 30.4 Å². The van der Waals surface area contributed by atoms with Crippen LogP contribution in [0.4, 0.5) is 0 Å². The number of benzene rings is 2. The van der Waals surface area contributed by atoms with E-state index in [1.165, 1.54) is 6.08 Å². The number of ketones is 1. The third kappa shape index (κ3) is 4.56. The first-order valence-corrected chi connectivity index (χ1v) is 10.3. The maximum absolute atomic E-state index is 13.2. The second-order valence-corrected chi connectivity index (χ2v) is 7.29. The summed E-state index contributed by atoms with van der Waals surface area (Å²) in [4.78, 5) is 25.9. The van der Waals surface area contributed by atoms with Gasteiger partial charge in [0.25, 0.3) is 0 Å². The van der Waals surface area contributed by atoms with E-state index in [9.17, 15) is 9.59 Å². The monoisotopic (exact) mass is 440 g/mol. The maximum atomic E-state index is 13.2. The minimum Gasteiger partial charge on any atom is -0.497 e. The predicted molar refractivity (Wildman–Crippen MR) is 120 cm³/mol. The summed E-state index contributed by atoms with van der Waals surface area (Å²) in [6, 6.07) is 10.9. The lowest BCUT2D eigenvalue weighted by atomic mass is 9.73. The third-order valence-electron chi connectivity index (χ3n) is 5.60. The van der Waals surface area contributed by atoms with E-state index in [1.54, 1.807) is 53.6 Å². The Labute approximate surface area is 187 Å². The van der Waals surface area contributed by atoms with Crippen LogP contribution in [-0.4, -0.2) is 46.8 Å². The van der Waals surface area contributed by atoms with E-state index in [0.29, 0.717) is 29.4 Å². The largest absolute Gasteiger partial charge is 0.497 e.